The number of carbonyl (C=O) groups excluding carboxylic acids is 1. The van der Waals surface area contributed by atoms with Crippen LogP contribution in [0.15, 0.2) is 24.3 Å². The number of hydrogen-bond donors (Lipinski definition) is 0. The number of carbonyl (C=O) groups is 1. The molecule has 3 heteroatoms. The van der Waals surface area contributed by atoms with E-state index in [9.17, 15) is 4.79 Å². The first kappa shape index (κ1) is 15.4. The number of nitrogens with zero attached hydrogens (tertiary/aromatic N) is 1. The largest absolute Gasteiger partial charge is 0.338 e. The van der Waals surface area contributed by atoms with Crippen molar-refractivity contribution in [1.29, 1.82) is 0 Å². The molecule has 128 valence electrons. The Bertz CT molecular complexity index is 670. The lowest BCUT2D eigenvalue weighted by atomic mass is 9.48. The van der Waals surface area contributed by atoms with Crippen molar-refractivity contribution >= 4 is 21.8 Å². The summed E-state index contributed by atoms with van der Waals surface area (Å²) in [7, 11) is 0. The third-order valence-corrected chi connectivity index (χ3v) is 8.05. The standard InChI is InChI=1S/C21H26BrNO/c22-21-10-15-7-16(11-21)9-20(8-15,14-21)12-19(24)23-6-5-17-3-1-2-4-18(17)13-23/h1-4,15-16H,5-14H2. The molecular formula is C21H26BrNO. The van der Waals surface area contributed by atoms with Crippen molar-refractivity contribution in [2.45, 2.75) is 62.2 Å². The predicted octanol–water partition coefficient (Wildman–Crippen LogP) is 4.70. The van der Waals surface area contributed by atoms with Crippen molar-refractivity contribution in [2.24, 2.45) is 17.3 Å². The molecule has 2 atom stereocenters. The molecule has 4 saturated carbocycles. The van der Waals surface area contributed by atoms with Crippen molar-refractivity contribution in [2.75, 3.05) is 6.54 Å². The van der Waals surface area contributed by atoms with Crippen LogP contribution >= 0.6 is 15.9 Å². The van der Waals surface area contributed by atoms with Gasteiger partial charge in [-0.1, -0.05) is 40.2 Å². The Hall–Kier alpha value is -0.830. The van der Waals surface area contributed by atoms with Crippen molar-refractivity contribution in [1.82, 2.24) is 4.90 Å². The van der Waals surface area contributed by atoms with E-state index in [-0.39, 0.29) is 0 Å². The van der Waals surface area contributed by atoms with E-state index in [0.29, 0.717) is 15.6 Å². The van der Waals surface area contributed by atoms with Gasteiger partial charge in [-0.05, 0) is 73.3 Å². The second-order valence-corrected chi connectivity index (χ2v) is 10.8. The first-order valence-corrected chi connectivity index (χ1v) is 10.4. The summed E-state index contributed by atoms with van der Waals surface area (Å²) in [6.45, 7) is 1.72. The van der Waals surface area contributed by atoms with Crippen LogP contribution in [-0.4, -0.2) is 21.7 Å². The van der Waals surface area contributed by atoms with Gasteiger partial charge in [0.25, 0.3) is 0 Å². The molecule has 1 heterocycles. The van der Waals surface area contributed by atoms with E-state index in [4.69, 9.17) is 0 Å². The molecule has 6 rings (SSSR count). The van der Waals surface area contributed by atoms with Crippen LogP contribution in [0.2, 0.25) is 0 Å². The minimum absolute atomic E-state index is 0.293. The summed E-state index contributed by atoms with van der Waals surface area (Å²) < 4.78 is 0.353. The number of alkyl halides is 1. The molecule has 4 bridgehead atoms. The van der Waals surface area contributed by atoms with Crippen molar-refractivity contribution in [3.63, 3.8) is 0 Å². The maximum atomic E-state index is 13.1. The van der Waals surface area contributed by atoms with Gasteiger partial charge in [0.2, 0.25) is 5.91 Å². The smallest absolute Gasteiger partial charge is 0.223 e. The van der Waals surface area contributed by atoms with Gasteiger partial charge in [-0.3, -0.25) is 4.79 Å². The molecule has 5 aliphatic rings. The zero-order chi connectivity index (χ0) is 16.4. The van der Waals surface area contributed by atoms with E-state index in [1.165, 1.54) is 49.7 Å². The maximum Gasteiger partial charge on any atom is 0.223 e. The normalized spacial score (nSPS) is 39.8. The molecule has 1 aliphatic heterocycles. The van der Waals surface area contributed by atoms with Crippen LogP contribution in [0, 0.1) is 17.3 Å². The topological polar surface area (TPSA) is 20.3 Å². The molecule has 4 aliphatic carbocycles. The van der Waals surface area contributed by atoms with Crippen LogP contribution in [-0.2, 0) is 17.8 Å². The lowest BCUT2D eigenvalue weighted by molar-refractivity contribution is -0.139. The van der Waals surface area contributed by atoms with E-state index in [1.54, 1.807) is 0 Å². The molecule has 2 unspecified atom stereocenters. The van der Waals surface area contributed by atoms with Gasteiger partial charge in [0, 0.05) is 23.8 Å². The number of hydrogen-bond acceptors (Lipinski definition) is 1. The van der Waals surface area contributed by atoms with Gasteiger partial charge in [-0.15, -0.1) is 0 Å². The summed E-state index contributed by atoms with van der Waals surface area (Å²) in [5.74, 6) is 2.13. The Morgan fingerprint density at radius 1 is 1.12 bits per heavy atom. The third kappa shape index (κ3) is 2.55. The van der Waals surface area contributed by atoms with Crippen LogP contribution in [0.5, 0.6) is 0 Å². The fourth-order valence-corrected chi connectivity index (χ4v) is 8.19. The van der Waals surface area contributed by atoms with Gasteiger partial charge in [-0.2, -0.15) is 0 Å². The Morgan fingerprint density at radius 3 is 2.54 bits per heavy atom. The molecular weight excluding hydrogens is 362 g/mol. The van der Waals surface area contributed by atoms with Crippen LogP contribution in [0.1, 0.15) is 56.1 Å². The Balaban J connectivity index is 1.33. The Kier molecular flexibility index (Phi) is 3.43. The van der Waals surface area contributed by atoms with Gasteiger partial charge >= 0.3 is 0 Å². The van der Waals surface area contributed by atoms with Crippen LogP contribution in [0.4, 0.5) is 0 Å². The average molecular weight is 388 g/mol. The molecule has 1 aromatic rings. The highest BCUT2D eigenvalue weighted by molar-refractivity contribution is 9.10. The van der Waals surface area contributed by atoms with Crippen LogP contribution < -0.4 is 0 Å². The van der Waals surface area contributed by atoms with E-state index in [0.717, 1.165) is 37.8 Å². The van der Waals surface area contributed by atoms with E-state index in [1.807, 2.05) is 0 Å². The van der Waals surface area contributed by atoms with Crippen molar-refractivity contribution in [3.05, 3.63) is 35.4 Å². The first-order valence-electron chi connectivity index (χ1n) is 9.56. The number of fused-ring (bicyclic) bond motifs is 1. The van der Waals surface area contributed by atoms with E-state index >= 15 is 0 Å². The maximum absolute atomic E-state index is 13.1. The summed E-state index contributed by atoms with van der Waals surface area (Å²) in [6.07, 6.45) is 9.73. The average Bonchev–Trinajstić information content (AvgIpc) is 2.51. The Labute approximate surface area is 153 Å². The molecule has 0 aromatic heterocycles. The minimum atomic E-state index is 0.293. The second-order valence-electron chi connectivity index (χ2n) is 9.12. The number of rotatable bonds is 2. The summed E-state index contributed by atoms with van der Waals surface area (Å²) in [5.41, 5.74) is 3.07. The molecule has 1 amide bonds. The fraction of sp³-hybridized carbons (Fsp3) is 0.667. The molecule has 4 fully saturated rings. The molecule has 0 N–H and O–H groups in total. The molecule has 0 radical (unpaired) electrons. The second kappa shape index (κ2) is 5.33. The summed E-state index contributed by atoms with van der Waals surface area (Å²) in [6, 6.07) is 8.61. The highest BCUT2D eigenvalue weighted by atomic mass is 79.9. The van der Waals surface area contributed by atoms with E-state index in [2.05, 4.69) is 45.1 Å². The predicted molar refractivity (Wildman–Crippen MR) is 99.0 cm³/mol. The van der Waals surface area contributed by atoms with Crippen LogP contribution in [0.3, 0.4) is 0 Å². The van der Waals surface area contributed by atoms with Crippen molar-refractivity contribution in [3.8, 4) is 0 Å². The summed E-state index contributed by atoms with van der Waals surface area (Å²) in [4.78, 5) is 15.2. The highest BCUT2D eigenvalue weighted by Crippen LogP contribution is 2.65. The molecule has 24 heavy (non-hydrogen) atoms. The summed E-state index contributed by atoms with van der Waals surface area (Å²) in [5, 5.41) is 0. The fourth-order valence-electron chi connectivity index (χ4n) is 6.68. The van der Waals surface area contributed by atoms with Gasteiger partial charge < -0.3 is 4.90 Å². The quantitative estimate of drug-likeness (QED) is 0.673. The van der Waals surface area contributed by atoms with Gasteiger partial charge in [0.1, 0.15) is 0 Å². The Morgan fingerprint density at radius 2 is 1.83 bits per heavy atom. The first-order chi connectivity index (χ1) is 11.5. The SMILES string of the molecule is O=C(CC12CC3CC(CC(Br)(C3)C1)C2)N1CCc2ccccc2C1. The molecule has 2 nitrogen and oxygen atoms in total. The zero-order valence-corrected chi connectivity index (χ0v) is 15.9. The zero-order valence-electron chi connectivity index (χ0n) is 14.3. The van der Waals surface area contributed by atoms with Gasteiger partial charge in [0.05, 0.1) is 0 Å². The minimum Gasteiger partial charge on any atom is -0.338 e. The van der Waals surface area contributed by atoms with E-state index < -0.39 is 0 Å². The molecule has 1 aromatic carbocycles. The number of amides is 1. The molecule has 0 saturated heterocycles. The number of halogens is 1. The highest BCUT2D eigenvalue weighted by Gasteiger charge is 2.57. The third-order valence-electron chi connectivity index (χ3n) is 7.12. The van der Waals surface area contributed by atoms with Gasteiger partial charge in [0.15, 0.2) is 0 Å². The van der Waals surface area contributed by atoms with Gasteiger partial charge in [-0.25, -0.2) is 0 Å². The summed E-state index contributed by atoms with van der Waals surface area (Å²) >= 11 is 4.07. The molecule has 0 spiro atoms. The monoisotopic (exact) mass is 387 g/mol. The lowest BCUT2D eigenvalue weighted by Crippen LogP contribution is -2.54. The van der Waals surface area contributed by atoms with Crippen LogP contribution in [0.25, 0.3) is 0 Å². The van der Waals surface area contributed by atoms with Crippen molar-refractivity contribution < 1.29 is 4.79 Å². The number of benzene rings is 1. The lowest BCUT2D eigenvalue weighted by Gasteiger charge is -2.60.